The summed E-state index contributed by atoms with van der Waals surface area (Å²) >= 11 is 1.74. The van der Waals surface area contributed by atoms with Crippen LogP contribution < -0.4 is 5.32 Å². The summed E-state index contributed by atoms with van der Waals surface area (Å²) in [5.74, 6) is -0.825. The molecule has 0 fully saturated rings. The van der Waals surface area contributed by atoms with Crippen molar-refractivity contribution >= 4 is 17.3 Å². The first-order valence-corrected chi connectivity index (χ1v) is 6.45. The topological polar surface area (TPSA) is 49.3 Å². The van der Waals surface area contributed by atoms with Crippen molar-refractivity contribution in [2.75, 3.05) is 13.1 Å². The molecule has 4 heteroatoms. The Morgan fingerprint density at radius 2 is 2.31 bits per heavy atom. The lowest BCUT2D eigenvalue weighted by Crippen LogP contribution is -2.33. The van der Waals surface area contributed by atoms with Gasteiger partial charge < -0.3 is 10.4 Å². The van der Waals surface area contributed by atoms with Gasteiger partial charge in [0.05, 0.1) is 5.92 Å². The van der Waals surface area contributed by atoms with Crippen molar-refractivity contribution in [1.82, 2.24) is 5.32 Å². The first-order chi connectivity index (χ1) is 7.61. The molecule has 0 aromatic carbocycles. The van der Waals surface area contributed by atoms with E-state index < -0.39 is 5.97 Å². The molecule has 1 atom stereocenters. The molecule has 0 spiro atoms. The Balaban J connectivity index is 2.21. The fraction of sp³-hybridized carbons (Fsp3) is 0.583. The molecule has 0 amide bonds. The van der Waals surface area contributed by atoms with Gasteiger partial charge in [-0.15, -0.1) is 11.3 Å². The van der Waals surface area contributed by atoms with E-state index in [1.54, 1.807) is 11.3 Å². The largest absolute Gasteiger partial charge is 0.481 e. The van der Waals surface area contributed by atoms with Crippen LogP contribution in [-0.4, -0.2) is 24.2 Å². The van der Waals surface area contributed by atoms with Crippen LogP contribution in [0.5, 0.6) is 0 Å². The van der Waals surface area contributed by atoms with Gasteiger partial charge in [0.15, 0.2) is 0 Å². The number of rotatable bonds is 7. The van der Waals surface area contributed by atoms with Crippen molar-refractivity contribution in [1.29, 1.82) is 0 Å². The summed E-state index contributed by atoms with van der Waals surface area (Å²) < 4.78 is 0. The van der Waals surface area contributed by atoms with Gasteiger partial charge in [-0.3, -0.25) is 4.79 Å². The predicted octanol–water partition coefficient (Wildman–Crippen LogP) is 2.24. The van der Waals surface area contributed by atoms with Gasteiger partial charge in [-0.2, -0.15) is 0 Å². The van der Waals surface area contributed by atoms with Crippen LogP contribution in [-0.2, 0) is 11.2 Å². The summed E-state index contributed by atoms with van der Waals surface area (Å²) in [5.41, 5.74) is 0. The second-order valence-electron chi connectivity index (χ2n) is 4.22. The second kappa shape index (κ2) is 6.66. The first kappa shape index (κ1) is 13.2. The van der Waals surface area contributed by atoms with Crippen molar-refractivity contribution in [2.24, 2.45) is 11.8 Å². The highest BCUT2D eigenvalue weighted by molar-refractivity contribution is 7.09. The predicted molar refractivity (Wildman–Crippen MR) is 66.9 cm³/mol. The highest BCUT2D eigenvalue weighted by atomic mass is 32.1. The molecule has 3 nitrogen and oxygen atoms in total. The van der Waals surface area contributed by atoms with E-state index in [0.717, 1.165) is 13.0 Å². The Kier molecular flexibility index (Phi) is 5.49. The third-order valence-electron chi connectivity index (χ3n) is 2.61. The maximum Gasteiger partial charge on any atom is 0.308 e. The van der Waals surface area contributed by atoms with E-state index >= 15 is 0 Å². The van der Waals surface area contributed by atoms with Gasteiger partial charge in [-0.1, -0.05) is 19.9 Å². The molecule has 0 saturated heterocycles. The maximum atomic E-state index is 10.9. The van der Waals surface area contributed by atoms with E-state index in [1.807, 2.05) is 19.9 Å². The van der Waals surface area contributed by atoms with Crippen LogP contribution in [0.25, 0.3) is 0 Å². The molecule has 1 unspecified atom stereocenters. The standard InChI is InChI=1S/C12H19NO2S/c1-9(2)11(12(14)15)8-13-6-5-10-4-3-7-16-10/h3-4,7,9,11,13H,5-6,8H2,1-2H3,(H,14,15). The molecule has 0 aliphatic rings. The average Bonchev–Trinajstić information content (AvgIpc) is 2.68. The molecule has 1 aromatic heterocycles. The zero-order chi connectivity index (χ0) is 12.0. The zero-order valence-corrected chi connectivity index (χ0v) is 10.6. The number of nitrogens with one attached hydrogen (secondary N) is 1. The van der Waals surface area contributed by atoms with Crippen molar-refractivity contribution in [3.63, 3.8) is 0 Å². The van der Waals surface area contributed by atoms with E-state index in [4.69, 9.17) is 5.11 Å². The number of hydrogen-bond donors (Lipinski definition) is 2. The molecule has 1 aromatic rings. The van der Waals surface area contributed by atoms with Crippen LogP contribution >= 0.6 is 11.3 Å². The average molecular weight is 241 g/mol. The lowest BCUT2D eigenvalue weighted by molar-refractivity contribution is -0.143. The summed E-state index contributed by atoms with van der Waals surface area (Å²) in [7, 11) is 0. The molecular weight excluding hydrogens is 222 g/mol. The molecule has 90 valence electrons. The lowest BCUT2D eigenvalue weighted by atomic mass is 9.96. The van der Waals surface area contributed by atoms with E-state index in [-0.39, 0.29) is 11.8 Å². The smallest absolute Gasteiger partial charge is 0.308 e. The minimum Gasteiger partial charge on any atom is -0.481 e. The van der Waals surface area contributed by atoms with Crippen molar-refractivity contribution in [3.05, 3.63) is 22.4 Å². The molecular formula is C12H19NO2S. The van der Waals surface area contributed by atoms with Crippen LogP contribution in [0.1, 0.15) is 18.7 Å². The fourth-order valence-electron chi connectivity index (χ4n) is 1.53. The van der Waals surface area contributed by atoms with E-state index in [0.29, 0.717) is 6.54 Å². The molecule has 1 heterocycles. The molecule has 0 saturated carbocycles. The van der Waals surface area contributed by atoms with Crippen LogP contribution in [0.15, 0.2) is 17.5 Å². The SMILES string of the molecule is CC(C)C(CNCCc1cccs1)C(=O)O. The molecule has 1 rings (SSSR count). The molecule has 0 radical (unpaired) electrons. The number of hydrogen-bond acceptors (Lipinski definition) is 3. The van der Waals surface area contributed by atoms with Crippen LogP contribution in [0.4, 0.5) is 0 Å². The van der Waals surface area contributed by atoms with E-state index in [1.165, 1.54) is 4.88 Å². The van der Waals surface area contributed by atoms with Gasteiger partial charge in [-0.05, 0) is 30.3 Å². The van der Waals surface area contributed by atoms with Crippen LogP contribution in [0.2, 0.25) is 0 Å². The Hall–Kier alpha value is -0.870. The third-order valence-corrected chi connectivity index (χ3v) is 3.55. The Morgan fingerprint density at radius 1 is 1.56 bits per heavy atom. The summed E-state index contributed by atoms with van der Waals surface area (Å²) in [6, 6.07) is 4.14. The molecule has 0 aliphatic carbocycles. The van der Waals surface area contributed by atoms with Gasteiger partial charge >= 0.3 is 5.97 Å². The van der Waals surface area contributed by atoms with Crippen LogP contribution in [0.3, 0.4) is 0 Å². The third kappa shape index (κ3) is 4.33. The molecule has 16 heavy (non-hydrogen) atoms. The van der Waals surface area contributed by atoms with E-state index in [2.05, 4.69) is 16.8 Å². The number of carbonyl (C=O) groups is 1. The van der Waals surface area contributed by atoms with Gasteiger partial charge in [0.25, 0.3) is 0 Å². The highest BCUT2D eigenvalue weighted by Gasteiger charge is 2.20. The van der Waals surface area contributed by atoms with Crippen molar-refractivity contribution in [2.45, 2.75) is 20.3 Å². The zero-order valence-electron chi connectivity index (χ0n) is 9.77. The van der Waals surface area contributed by atoms with E-state index in [9.17, 15) is 4.79 Å². The summed E-state index contributed by atoms with van der Waals surface area (Å²) in [6.07, 6.45) is 0.974. The van der Waals surface area contributed by atoms with Gasteiger partial charge in [0, 0.05) is 11.4 Å². The minimum atomic E-state index is -0.710. The summed E-state index contributed by atoms with van der Waals surface area (Å²) in [6.45, 7) is 5.29. The van der Waals surface area contributed by atoms with Gasteiger partial charge in [-0.25, -0.2) is 0 Å². The van der Waals surface area contributed by atoms with Crippen LogP contribution in [0, 0.1) is 11.8 Å². The summed E-state index contributed by atoms with van der Waals surface area (Å²) in [5, 5.41) is 14.3. The minimum absolute atomic E-state index is 0.173. The van der Waals surface area contributed by atoms with Gasteiger partial charge in [0.1, 0.15) is 0 Å². The van der Waals surface area contributed by atoms with Crippen molar-refractivity contribution < 1.29 is 9.90 Å². The Morgan fingerprint density at radius 3 is 2.81 bits per heavy atom. The number of carboxylic acid groups (broad SMARTS) is 1. The quantitative estimate of drug-likeness (QED) is 0.720. The number of aliphatic carboxylic acids is 1. The summed E-state index contributed by atoms with van der Waals surface area (Å²) in [4.78, 5) is 12.3. The van der Waals surface area contributed by atoms with Crippen molar-refractivity contribution in [3.8, 4) is 0 Å². The molecule has 0 aliphatic heterocycles. The monoisotopic (exact) mass is 241 g/mol. The molecule has 0 bridgehead atoms. The fourth-order valence-corrected chi connectivity index (χ4v) is 2.24. The molecule has 2 N–H and O–H groups in total. The lowest BCUT2D eigenvalue weighted by Gasteiger charge is -2.16. The number of thiophene rings is 1. The van der Waals surface area contributed by atoms with Gasteiger partial charge in [0.2, 0.25) is 0 Å². The number of carboxylic acids is 1. The Bertz CT molecular complexity index is 309. The first-order valence-electron chi connectivity index (χ1n) is 5.57. The highest BCUT2D eigenvalue weighted by Crippen LogP contribution is 2.10. The maximum absolute atomic E-state index is 10.9. The normalized spacial score (nSPS) is 12.9. The Labute approximate surface area is 100 Å². The second-order valence-corrected chi connectivity index (χ2v) is 5.25.